The average Bonchev–Trinajstić information content (AvgIpc) is 3.51. The lowest BCUT2D eigenvalue weighted by atomic mass is 9.72. The third kappa shape index (κ3) is 9.46. The second-order valence-electron chi connectivity index (χ2n) is 13.9. The number of carbonyl (C=O) groups is 3. The lowest BCUT2D eigenvalue weighted by Gasteiger charge is -2.33. The van der Waals surface area contributed by atoms with Gasteiger partial charge in [0.15, 0.2) is 0 Å². The van der Waals surface area contributed by atoms with Crippen LogP contribution in [0.25, 0.3) is 6.08 Å². The second kappa shape index (κ2) is 16.7. The van der Waals surface area contributed by atoms with E-state index in [1.54, 1.807) is 72.8 Å². The van der Waals surface area contributed by atoms with Crippen molar-refractivity contribution in [2.24, 2.45) is 11.3 Å². The molecule has 0 fully saturated rings. The smallest absolute Gasteiger partial charge is 0.272 e. The Bertz CT molecular complexity index is 2190. The number of benzene rings is 4. The van der Waals surface area contributed by atoms with Crippen molar-refractivity contribution in [3.05, 3.63) is 153 Å². The van der Waals surface area contributed by atoms with Crippen LogP contribution in [0.3, 0.4) is 0 Å². The van der Waals surface area contributed by atoms with Crippen LogP contribution in [0.15, 0.2) is 120 Å². The monoisotopic (exact) mass is 758 g/mol. The van der Waals surface area contributed by atoms with Crippen LogP contribution in [0.1, 0.15) is 69.9 Å². The molecule has 3 N–H and O–H groups in total. The first-order chi connectivity index (χ1) is 25.5. The minimum absolute atomic E-state index is 0.0431. The highest BCUT2D eigenvalue weighted by Crippen LogP contribution is 2.45. The number of nitriles is 1. The van der Waals surface area contributed by atoms with Gasteiger partial charge in [-0.05, 0) is 95.8 Å². The van der Waals surface area contributed by atoms with E-state index in [1.807, 2.05) is 42.5 Å². The average molecular weight is 759 g/mol. The van der Waals surface area contributed by atoms with Crippen molar-refractivity contribution < 1.29 is 14.4 Å². The van der Waals surface area contributed by atoms with Gasteiger partial charge in [0, 0.05) is 26.0 Å². The number of hydrogen-bond donors (Lipinski definition) is 3. The topological polar surface area (TPSA) is 111 Å². The standard InChI is InChI=1S/C43H39ClN4O3S2/c1-43(2,3)30-19-22-34-35(26-45)42(53-37(34)24-30)48-41(51)38(28-11-6-4-7-12-28)52-33-16-10-15-32(25-33)46-40(50)36(23-27-17-20-31(44)21-18-27)47-39(49)29-13-8-5-9-14-29/h4-18,20-21,23,25,30,38H,19,22,24H2,1-3H3,(H,46,50)(H,47,49)(H,48,51)/b36-23+. The van der Waals surface area contributed by atoms with E-state index in [0.717, 1.165) is 35.3 Å². The second-order valence-corrected chi connectivity index (χ2v) is 16.7. The molecule has 1 aliphatic rings. The van der Waals surface area contributed by atoms with Crippen molar-refractivity contribution in [2.45, 2.75) is 50.2 Å². The number of thiophene rings is 1. The Hall–Kier alpha value is -5.14. The molecule has 268 valence electrons. The van der Waals surface area contributed by atoms with E-state index in [0.29, 0.717) is 38.3 Å². The fourth-order valence-corrected chi connectivity index (χ4v) is 8.75. The van der Waals surface area contributed by atoms with Crippen LogP contribution in [0, 0.1) is 22.7 Å². The highest BCUT2D eigenvalue weighted by Gasteiger charge is 2.33. The van der Waals surface area contributed by atoms with Gasteiger partial charge in [0.25, 0.3) is 11.8 Å². The zero-order valence-corrected chi connectivity index (χ0v) is 32.0. The van der Waals surface area contributed by atoms with E-state index >= 15 is 0 Å². The number of rotatable bonds is 10. The van der Waals surface area contributed by atoms with Gasteiger partial charge in [0.1, 0.15) is 22.0 Å². The molecule has 10 heteroatoms. The molecule has 5 aromatic rings. The van der Waals surface area contributed by atoms with Gasteiger partial charge < -0.3 is 16.0 Å². The molecule has 3 amide bonds. The summed E-state index contributed by atoms with van der Waals surface area (Å²) in [5.41, 5.74) is 4.19. The first-order valence-corrected chi connectivity index (χ1v) is 19.4. The highest BCUT2D eigenvalue weighted by atomic mass is 35.5. The predicted molar refractivity (Wildman–Crippen MR) is 216 cm³/mol. The summed E-state index contributed by atoms with van der Waals surface area (Å²) >= 11 is 8.94. The molecule has 0 saturated heterocycles. The van der Waals surface area contributed by atoms with Gasteiger partial charge in [-0.1, -0.05) is 99.1 Å². The Morgan fingerprint density at radius 1 is 0.925 bits per heavy atom. The number of nitrogens with zero attached hydrogens (tertiary/aromatic N) is 1. The maximum atomic E-state index is 14.1. The summed E-state index contributed by atoms with van der Waals surface area (Å²) in [6, 6.07) is 34.7. The minimum atomic E-state index is -0.652. The first-order valence-electron chi connectivity index (χ1n) is 17.3. The minimum Gasteiger partial charge on any atom is -0.321 e. The Kier molecular flexibility index (Phi) is 11.8. The van der Waals surface area contributed by atoms with Gasteiger partial charge in [-0.3, -0.25) is 14.4 Å². The highest BCUT2D eigenvalue weighted by molar-refractivity contribution is 8.00. The molecule has 7 nitrogen and oxygen atoms in total. The molecule has 2 unspecified atom stereocenters. The van der Waals surface area contributed by atoms with E-state index < -0.39 is 17.1 Å². The summed E-state index contributed by atoms with van der Waals surface area (Å²) in [6.07, 6.45) is 4.33. The van der Waals surface area contributed by atoms with Crippen LogP contribution in [0.4, 0.5) is 10.7 Å². The molecular weight excluding hydrogens is 720 g/mol. The molecule has 0 bridgehead atoms. The van der Waals surface area contributed by atoms with Gasteiger partial charge in [0.05, 0.1) is 5.56 Å². The van der Waals surface area contributed by atoms with Crippen LogP contribution >= 0.6 is 34.7 Å². The molecule has 0 aliphatic heterocycles. The third-order valence-electron chi connectivity index (χ3n) is 9.23. The number of amides is 3. The third-order valence-corrected chi connectivity index (χ3v) is 11.9. The number of fused-ring (bicyclic) bond motifs is 1. The van der Waals surface area contributed by atoms with Crippen molar-refractivity contribution in [1.29, 1.82) is 5.26 Å². The SMILES string of the molecule is CC(C)(C)C1CCc2c(sc(NC(=O)C(Sc3cccc(NC(=O)/C(=C\c4ccc(Cl)cc4)NC(=O)c4ccccc4)c3)c3ccccc3)c2C#N)C1. The molecular formula is C43H39ClN4O3S2. The maximum absolute atomic E-state index is 14.1. The Morgan fingerprint density at radius 2 is 1.62 bits per heavy atom. The van der Waals surface area contributed by atoms with Crippen molar-refractivity contribution >= 4 is 69.2 Å². The molecule has 6 rings (SSSR count). The molecule has 1 heterocycles. The maximum Gasteiger partial charge on any atom is 0.272 e. The number of hydrogen-bond acceptors (Lipinski definition) is 6. The van der Waals surface area contributed by atoms with E-state index in [9.17, 15) is 19.6 Å². The largest absolute Gasteiger partial charge is 0.321 e. The predicted octanol–water partition coefficient (Wildman–Crippen LogP) is 10.3. The van der Waals surface area contributed by atoms with Gasteiger partial charge in [-0.25, -0.2) is 0 Å². The van der Waals surface area contributed by atoms with Crippen LogP contribution in [-0.4, -0.2) is 17.7 Å². The molecule has 1 aromatic heterocycles. The number of halogens is 1. The molecule has 1 aliphatic carbocycles. The van der Waals surface area contributed by atoms with Crippen molar-refractivity contribution in [2.75, 3.05) is 10.6 Å². The first kappa shape index (κ1) is 37.6. The van der Waals surface area contributed by atoms with E-state index in [4.69, 9.17) is 11.6 Å². The number of anilines is 2. The molecule has 53 heavy (non-hydrogen) atoms. The van der Waals surface area contributed by atoms with E-state index in [-0.39, 0.29) is 17.0 Å². The Morgan fingerprint density at radius 3 is 2.30 bits per heavy atom. The van der Waals surface area contributed by atoms with E-state index in [2.05, 4.69) is 42.8 Å². The summed E-state index contributed by atoms with van der Waals surface area (Å²) in [5.74, 6) is -0.687. The molecule has 2 atom stereocenters. The normalized spacial score (nSPS) is 14.7. The summed E-state index contributed by atoms with van der Waals surface area (Å²) in [7, 11) is 0. The Labute approximate surface area is 323 Å². The molecule has 4 aromatic carbocycles. The molecule has 0 saturated carbocycles. The van der Waals surface area contributed by atoms with Crippen LogP contribution < -0.4 is 16.0 Å². The van der Waals surface area contributed by atoms with Crippen LogP contribution in [0.2, 0.25) is 5.02 Å². The fourth-order valence-electron chi connectivity index (χ4n) is 6.26. The van der Waals surface area contributed by atoms with Crippen molar-refractivity contribution in [1.82, 2.24) is 5.32 Å². The van der Waals surface area contributed by atoms with Gasteiger partial charge in [-0.15, -0.1) is 23.1 Å². The van der Waals surface area contributed by atoms with Crippen LogP contribution in [-0.2, 0) is 22.4 Å². The number of thioether (sulfide) groups is 1. The fraction of sp³-hybridized carbons (Fsp3) is 0.209. The van der Waals surface area contributed by atoms with E-state index in [1.165, 1.54) is 28.0 Å². The zero-order valence-electron chi connectivity index (χ0n) is 29.6. The van der Waals surface area contributed by atoms with Crippen molar-refractivity contribution in [3.8, 4) is 6.07 Å². The number of carbonyl (C=O) groups excluding carboxylic acids is 3. The summed E-state index contributed by atoms with van der Waals surface area (Å²) in [6.45, 7) is 6.77. The molecule has 0 spiro atoms. The summed E-state index contributed by atoms with van der Waals surface area (Å²) in [5, 5.41) is 19.5. The quantitative estimate of drug-likeness (QED) is 0.0970. The zero-order chi connectivity index (χ0) is 37.5. The van der Waals surface area contributed by atoms with Gasteiger partial charge in [0.2, 0.25) is 5.91 Å². The lowest BCUT2D eigenvalue weighted by Crippen LogP contribution is -2.30. The summed E-state index contributed by atoms with van der Waals surface area (Å²) < 4.78 is 0. The van der Waals surface area contributed by atoms with Gasteiger partial charge >= 0.3 is 0 Å². The summed E-state index contributed by atoms with van der Waals surface area (Å²) in [4.78, 5) is 42.9. The van der Waals surface area contributed by atoms with Crippen LogP contribution in [0.5, 0.6) is 0 Å². The van der Waals surface area contributed by atoms with Gasteiger partial charge in [-0.2, -0.15) is 5.26 Å². The molecule has 0 radical (unpaired) electrons. The lowest BCUT2D eigenvalue weighted by molar-refractivity contribution is -0.116. The number of nitrogens with one attached hydrogen (secondary N) is 3. The van der Waals surface area contributed by atoms with Crippen molar-refractivity contribution in [3.63, 3.8) is 0 Å². The Balaban J connectivity index is 1.23.